The van der Waals surface area contributed by atoms with Gasteiger partial charge in [0.15, 0.2) is 6.10 Å². The molecule has 0 fully saturated rings. The summed E-state index contributed by atoms with van der Waals surface area (Å²) in [6.45, 7) is 4.41. The Morgan fingerprint density at radius 2 is 0.981 bits per heavy atom. The largest absolute Gasteiger partial charge is 0.472 e. The number of allylic oxidation sites excluding steroid dienone is 2. The fourth-order valence-corrected chi connectivity index (χ4v) is 6.63. The average molecular weight is 761 g/mol. The van der Waals surface area contributed by atoms with E-state index in [2.05, 4.69) is 26.0 Å². The molecule has 10 heteroatoms. The first kappa shape index (κ1) is 50.8. The smallest absolute Gasteiger partial charge is 0.462 e. The number of carbonyl (C=O) groups excluding carboxylic acids is 2. The molecule has 0 aliphatic rings. The molecule has 308 valence electrons. The van der Waals surface area contributed by atoms with E-state index in [9.17, 15) is 19.0 Å². The van der Waals surface area contributed by atoms with E-state index in [0.717, 1.165) is 32.1 Å². The Bertz CT molecular complexity index is 907. The number of esters is 2. The quantitative estimate of drug-likeness (QED) is 0.0217. The molecular weight excluding hydrogens is 677 g/mol. The highest BCUT2D eigenvalue weighted by atomic mass is 31.2. The van der Waals surface area contributed by atoms with Crippen LogP contribution in [0.3, 0.4) is 0 Å². The molecule has 1 unspecified atom stereocenters. The predicted molar refractivity (Wildman–Crippen MR) is 215 cm³/mol. The van der Waals surface area contributed by atoms with E-state index < -0.39 is 26.5 Å². The Hall–Kier alpha value is -1.25. The van der Waals surface area contributed by atoms with Gasteiger partial charge in [0.05, 0.1) is 27.7 Å². The van der Waals surface area contributed by atoms with E-state index >= 15 is 0 Å². The summed E-state index contributed by atoms with van der Waals surface area (Å²) in [6, 6.07) is 0. The van der Waals surface area contributed by atoms with Crippen LogP contribution in [0.2, 0.25) is 0 Å². The van der Waals surface area contributed by atoms with Crippen molar-refractivity contribution in [2.45, 2.75) is 200 Å². The molecule has 0 saturated carbocycles. The molecule has 1 N–H and O–H groups in total. The van der Waals surface area contributed by atoms with E-state index in [0.29, 0.717) is 23.9 Å². The van der Waals surface area contributed by atoms with Crippen molar-refractivity contribution in [3.05, 3.63) is 12.2 Å². The molecule has 0 radical (unpaired) electrons. The molecule has 9 nitrogen and oxygen atoms in total. The number of nitrogens with zero attached hydrogens (tertiary/aromatic N) is 1. The van der Waals surface area contributed by atoms with E-state index in [-0.39, 0.29) is 25.6 Å². The third-order valence-electron chi connectivity index (χ3n) is 9.30. The second-order valence-electron chi connectivity index (χ2n) is 15.7. The lowest BCUT2D eigenvalue weighted by atomic mass is 10.1. The van der Waals surface area contributed by atoms with Crippen molar-refractivity contribution in [2.24, 2.45) is 0 Å². The third kappa shape index (κ3) is 38.5. The van der Waals surface area contributed by atoms with Crippen molar-refractivity contribution < 1.29 is 42.1 Å². The first-order valence-electron chi connectivity index (χ1n) is 21.4. The molecule has 2 atom stereocenters. The summed E-state index contributed by atoms with van der Waals surface area (Å²) in [5.41, 5.74) is 0. The van der Waals surface area contributed by atoms with E-state index in [4.69, 9.17) is 18.5 Å². The topological polar surface area (TPSA) is 108 Å². The van der Waals surface area contributed by atoms with Gasteiger partial charge in [-0.15, -0.1) is 0 Å². The number of hydrogen-bond acceptors (Lipinski definition) is 7. The highest BCUT2D eigenvalue weighted by Gasteiger charge is 2.27. The van der Waals surface area contributed by atoms with Crippen LogP contribution in [0.25, 0.3) is 0 Å². The molecule has 0 spiro atoms. The number of unbranched alkanes of at least 4 members (excludes halogenated alkanes) is 23. The minimum atomic E-state index is -4.36. The molecule has 0 amide bonds. The summed E-state index contributed by atoms with van der Waals surface area (Å²) < 4.78 is 34.2. The first-order chi connectivity index (χ1) is 25.0. The number of phosphoric acid groups is 1. The van der Waals surface area contributed by atoms with Crippen LogP contribution >= 0.6 is 7.82 Å². The van der Waals surface area contributed by atoms with E-state index in [1.165, 1.54) is 128 Å². The van der Waals surface area contributed by atoms with Crippen molar-refractivity contribution in [3.8, 4) is 0 Å². The Morgan fingerprint density at radius 3 is 1.44 bits per heavy atom. The lowest BCUT2D eigenvalue weighted by Gasteiger charge is -2.24. The van der Waals surface area contributed by atoms with Gasteiger partial charge in [0, 0.05) is 12.8 Å². The van der Waals surface area contributed by atoms with Crippen LogP contribution in [-0.2, 0) is 32.7 Å². The monoisotopic (exact) mass is 761 g/mol. The SMILES string of the molecule is CCCCCC/C=C/CCCCCCCCCCCC(=O)OC[C@@H](COP(=O)(O)OCC[N+](C)(C)C)OC(=O)CCCCCCCCCCCCC. The fourth-order valence-electron chi connectivity index (χ4n) is 5.89. The molecule has 0 aromatic carbocycles. The molecule has 0 aromatic heterocycles. The fraction of sp³-hybridized carbons (Fsp3) is 0.905. The zero-order valence-electron chi connectivity index (χ0n) is 34.6. The normalized spacial score (nSPS) is 13.7. The number of ether oxygens (including phenoxy) is 2. The Kier molecular flexibility index (Phi) is 34.6. The van der Waals surface area contributed by atoms with Crippen molar-refractivity contribution in [1.82, 2.24) is 0 Å². The van der Waals surface area contributed by atoms with Gasteiger partial charge in [-0.2, -0.15) is 0 Å². The van der Waals surface area contributed by atoms with Gasteiger partial charge in [-0.05, 0) is 38.5 Å². The second kappa shape index (κ2) is 35.5. The summed E-state index contributed by atoms with van der Waals surface area (Å²) in [4.78, 5) is 35.3. The molecule has 0 aliphatic carbocycles. The standard InChI is InChI=1S/C42H82NO8P/c1-6-8-10-12-14-16-18-19-20-21-22-23-25-26-28-30-32-34-41(44)48-38-40(39-50-52(46,47)49-37-36-43(3,4)5)51-42(45)35-33-31-29-27-24-17-15-13-11-9-7-2/h16,18,40H,6-15,17,19-39H2,1-5H3/p+1/b18-16+/t40-/m0/s1. The summed E-state index contributed by atoms with van der Waals surface area (Å²) >= 11 is 0. The van der Waals surface area contributed by atoms with Gasteiger partial charge in [0.1, 0.15) is 19.8 Å². The minimum Gasteiger partial charge on any atom is -0.462 e. The number of phosphoric ester groups is 1. The molecule has 0 aliphatic heterocycles. The van der Waals surface area contributed by atoms with Crippen molar-refractivity contribution in [1.29, 1.82) is 0 Å². The zero-order chi connectivity index (χ0) is 38.6. The maximum Gasteiger partial charge on any atom is 0.472 e. The highest BCUT2D eigenvalue weighted by molar-refractivity contribution is 7.47. The lowest BCUT2D eigenvalue weighted by molar-refractivity contribution is -0.870. The number of carbonyl (C=O) groups is 2. The van der Waals surface area contributed by atoms with Crippen molar-refractivity contribution >= 4 is 19.8 Å². The maximum atomic E-state index is 12.6. The summed E-state index contributed by atoms with van der Waals surface area (Å²) in [5, 5.41) is 0. The van der Waals surface area contributed by atoms with Crippen molar-refractivity contribution in [3.63, 3.8) is 0 Å². The predicted octanol–water partition coefficient (Wildman–Crippen LogP) is 11.8. The van der Waals surface area contributed by atoms with Gasteiger partial charge >= 0.3 is 19.8 Å². The van der Waals surface area contributed by atoms with Gasteiger partial charge < -0.3 is 18.9 Å². The molecule has 0 saturated heterocycles. The molecule has 0 rings (SSSR count). The van der Waals surface area contributed by atoms with Gasteiger partial charge in [0.25, 0.3) is 0 Å². The Morgan fingerprint density at radius 1 is 0.577 bits per heavy atom. The maximum absolute atomic E-state index is 12.6. The van der Waals surface area contributed by atoms with E-state index in [1.54, 1.807) is 0 Å². The van der Waals surface area contributed by atoms with Crippen LogP contribution in [0.5, 0.6) is 0 Å². The van der Waals surface area contributed by atoms with Gasteiger partial charge in [0.2, 0.25) is 0 Å². The van der Waals surface area contributed by atoms with E-state index in [1.807, 2.05) is 21.1 Å². The highest BCUT2D eigenvalue weighted by Crippen LogP contribution is 2.43. The number of hydrogen-bond donors (Lipinski definition) is 1. The molecule has 0 bridgehead atoms. The van der Waals surface area contributed by atoms with Gasteiger partial charge in [-0.25, -0.2) is 4.57 Å². The lowest BCUT2D eigenvalue weighted by Crippen LogP contribution is -2.37. The van der Waals surface area contributed by atoms with Gasteiger partial charge in [-0.1, -0.05) is 154 Å². The summed E-state index contributed by atoms with van der Waals surface area (Å²) in [5.74, 6) is -0.794. The second-order valence-corrected chi connectivity index (χ2v) is 17.2. The molecule has 0 aromatic rings. The number of likely N-dealkylation sites (N-methyl/N-ethyl adjacent to an activating group) is 1. The van der Waals surface area contributed by atoms with Crippen LogP contribution in [0.15, 0.2) is 12.2 Å². The van der Waals surface area contributed by atoms with Crippen LogP contribution in [-0.4, -0.2) is 74.9 Å². The van der Waals surface area contributed by atoms with Crippen LogP contribution in [0.1, 0.15) is 194 Å². The minimum absolute atomic E-state index is 0.0345. The molecule has 0 heterocycles. The van der Waals surface area contributed by atoms with Crippen LogP contribution in [0, 0.1) is 0 Å². The Labute approximate surface area is 320 Å². The van der Waals surface area contributed by atoms with Crippen LogP contribution < -0.4 is 0 Å². The molecule has 52 heavy (non-hydrogen) atoms. The summed E-state index contributed by atoms with van der Waals surface area (Å²) in [6.07, 6.45) is 35.4. The summed E-state index contributed by atoms with van der Waals surface area (Å²) in [7, 11) is 1.48. The van der Waals surface area contributed by atoms with Crippen LogP contribution in [0.4, 0.5) is 0 Å². The van der Waals surface area contributed by atoms with Crippen molar-refractivity contribution in [2.75, 3.05) is 47.5 Å². The average Bonchev–Trinajstić information content (AvgIpc) is 3.09. The number of rotatable bonds is 39. The number of quaternary nitrogens is 1. The zero-order valence-corrected chi connectivity index (χ0v) is 35.5. The van der Waals surface area contributed by atoms with Gasteiger partial charge in [-0.3, -0.25) is 18.6 Å². The Balaban J connectivity index is 4.31. The molecular formula is C42H83NO8P+. The third-order valence-corrected chi connectivity index (χ3v) is 10.3. The first-order valence-corrected chi connectivity index (χ1v) is 22.9.